The van der Waals surface area contributed by atoms with Crippen LogP contribution in [0, 0.1) is 0 Å². The molecule has 3 N–H and O–H groups in total. The maximum atomic E-state index is 5.59. The first-order valence-corrected chi connectivity index (χ1v) is 3.07. The lowest BCUT2D eigenvalue weighted by Crippen LogP contribution is -2.36. The van der Waals surface area contributed by atoms with E-state index in [-0.39, 0.29) is 6.17 Å². The zero-order chi connectivity index (χ0) is 6.85. The molecule has 0 amide bonds. The predicted octanol–water partition coefficient (Wildman–Crippen LogP) is 0.725. The first-order chi connectivity index (χ1) is 4.18. The number of hydrogen-bond acceptors (Lipinski definition) is 2. The van der Waals surface area contributed by atoms with Crippen molar-refractivity contribution >= 4 is 0 Å². The molecule has 0 aromatic rings. The summed E-state index contributed by atoms with van der Waals surface area (Å²) >= 11 is 0. The molecule has 1 aliphatic rings. The Kier molecular flexibility index (Phi) is 1.58. The van der Waals surface area contributed by atoms with Gasteiger partial charge in [0, 0.05) is 5.70 Å². The van der Waals surface area contributed by atoms with Crippen molar-refractivity contribution in [2.45, 2.75) is 20.0 Å². The molecule has 0 spiro atoms. The summed E-state index contributed by atoms with van der Waals surface area (Å²) in [6, 6.07) is 0. The van der Waals surface area contributed by atoms with Crippen molar-refractivity contribution in [3.63, 3.8) is 0 Å². The Balaban J connectivity index is 2.74. The molecule has 0 bridgehead atoms. The van der Waals surface area contributed by atoms with E-state index in [0.29, 0.717) is 0 Å². The Hall–Kier alpha value is -0.760. The Morgan fingerprint density at radius 2 is 2.22 bits per heavy atom. The molecule has 0 radical (unpaired) electrons. The van der Waals surface area contributed by atoms with E-state index < -0.39 is 0 Å². The van der Waals surface area contributed by atoms with Crippen LogP contribution in [0.15, 0.2) is 23.4 Å². The van der Waals surface area contributed by atoms with Crippen LogP contribution in [-0.4, -0.2) is 6.17 Å². The standard InChI is InChI=1S/C7H12N2/c1-5-3-6(2)9-7(8)4-5/h3-4,7,9H,8H2,1-2H3. The van der Waals surface area contributed by atoms with Crippen LogP contribution in [0.2, 0.25) is 0 Å². The lowest BCUT2D eigenvalue weighted by molar-refractivity contribution is 0.683. The fourth-order valence-electron chi connectivity index (χ4n) is 1.02. The van der Waals surface area contributed by atoms with E-state index in [1.165, 1.54) is 5.57 Å². The summed E-state index contributed by atoms with van der Waals surface area (Å²) in [7, 11) is 0. The largest absolute Gasteiger partial charge is 0.370 e. The number of nitrogens with one attached hydrogen (secondary N) is 1. The second-order valence-corrected chi connectivity index (χ2v) is 2.41. The fourth-order valence-corrected chi connectivity index (χ4v) is 1.02. The van der Waals surface area contributed by atoms with Crippen molar-refractivity contribution < 1.29 is 0 Å². The molecule has 0 fully saturated rings. The topological polar surface area (TPSA) is 38.0 Å². The monoisotopic (exact) mass is 124 g/mol. The van der Waals surface area contributed by atoms with Crippen LogP contribution in [0.3, 0.4) is 0 Å². The first-order valence-electron chi connectivity index (χ1n) is 3.07. The van der Waals surface area contributed by atoms with Crippen LogP contribution in [0.4, 0.5) is 0 Å². The van der Waals surface area contributed by atoms with E-state index in [2.05, 4.69) is 11.4 Å². The summed E-state index contributed by atoms with van der Waals surface area (Å²) in [5.41, 5.74) is 7.96. The van der Waals surface area contributed by atoms with Gasteiger partial charge in [0.2, 0.25) is 0 Å². The summed E-state index contributed by atoms with van der Waals surface area (Å²) in [4.78, 5) is 0. The van der Waals surface area contributed by atoms with Gasteiger partial charge in [-0.1, -0.05) is 5.57 Å². The van der Waals surface area contributed by atoms with Crippen LogP contribution < -0.4 is 11.1 Å². The van der Waals surface area contributed by atoms with Crippen molar-refractivity contribution in [3.05, 3.63) is 23.4 Å². The molecule has 50 valence electrons. The average Bonchev–Trinajstić information content (AvgIpc) is 1.59. The molecule has 1 heterocycles. The summed E-state index contributed by atoms with van der Waals surface area (Å²) in [5, 5.41) is 3.07. The molecular formula is C7H12N2. The second kappa shape index (κ2) is 2.23. The third-order valence-electron chi connectivity index (χ3n) is 1.28. The van der Waals surface area contributed by atoms with Gasteiger partial charge in [-0.05, 0) is 26.0 Å². The van der Waals surface area contributed by atoms with Gasteiger partial charge < -0.3 is 11.1 Å². The van der Waals surface area contributed by atoms with Crippen LogP contribution in [0.1, 0.15) is 13.8 Å². The normalized spacial score (nSPS) is 26.3. The van der Waals surface area contributed by atoms with Gasteiger partial charge >= 0.3 is 0 Å². The van der Waals surface area contributed by atoms with Gasteiger partial charge in [-0.3, -0.25) is 0 Å². The van der Waals surface area contributed by atoms with E-state index in [0.717, 1.165) is 5.70 Å². The summed E-state index contributed by atoms with van der Waals surface area (Å²) in [6.07, 6.45) is 4.08. The van der Waals surface area contributed by atoms with Crippen molar-refractivity contribution in [2.75, 3.05) is 0 Å². The van der Waals surface area contributed by atoms with Crippen molar-refractivity contribution in [1.82, 2.24) is 5.32 Å². The summed E-state index contributed by atoms with van der Waals surface area (Å²) in [6.45, 7) is 4.06. The fraction of sp³-hybridized carbons (Fsp3) is 0.429. The highest BCUT2D eigenvalue weighted by Crippen LogP contribution is 2.05. The van der Waals surface area contributed by atoms with Crippen molar-refractivity contribution in [3.8, 4) is 0 Å². The molecule has 1 aliphatic heterocycles. The van der Waals surface area contributed by atoms with Gasteiger partial charge in [0.05, 0.1) is 6.17 Å². The van der Waals surface area contributed by atoms with Crippen molar-refractivity contribution in [1.29, 1.82) is 0 Å². The Morgan fingerprint density at radius 3 is 2.67 bits per heavy atom. The molecule has 0 aromatic carbocycles. The number of allylic oxidation sites excluding steroid dienone is 3. The molecule has 1 rings (SSSR count). The minimum Gasteiger partial charge on any atom is -0.370 e. The van der Waals surface area contributed by atoms with Gasteiger partial charge in [-0.2, -0.15) is 0 Å². The third kappa shape index (κ3) is 1.57. The quantitative estimate of drug-likeness (QED) is 0.499. The van der Waals surface area contributed by atoms with Crippen LogP contribution in [-0.2, 0) is 0 Å². The van der Waals surface area contributed by atoms with E-state index in [9.17, 15) is 0 Å². The van der Waals surface area contributed by atoms with Gasteiger partial charge in [0.1, 0.15) is 0 Å². The van der Waals surface area contributed by atoms with E-state index >= 15 is 0 Å². The minimum atomic E-state index is 0.00926. The predicted molar refractivity (Wildman–Crippen MR) is 38.6 cm³/mol. The molecule has 2 nitrogen and oxygen atoms in total. The molecular weight excluding hydrogens is 112 g/mol. The summed E-state index contributed by atoms with van der Waals surface area (Å²) in [5.74, 6) is 0. The molecule has 1 unspecified atom stereocenters. The maximum absolute atomic E-state index is 5.59. The van der Waals surface area contributed by atoms with Gasteiger partial charge in [0.15, 0.2) is 0 Å². The Labute approximate surface area is 55.4 Å². The van der Waals surface area contributed by atoms with Gasteiger partial charge in [0.25, 0.3) is 0 Å². The minimum absolute atomic E-state index is 0.00926. The SMILES string of the molecule is CC1=CC(N)NC(C)=C1. The lowest BCUT2D eigenvalue weighted by atomic mass is 10.1. The zero-order valence-electron chi connectivity index (χ0n) is 5.81. The molecule has 2 heteroatoms. The Bertz CT molecular complexity index is 168. The van der Waals surface area contributed by atoms with Crippen LogP contribution in [0.25, 0.3) is 0 Å². The highest BCUT2D eigenvalue weighted by Gasteiger charge is 2.02. The van der Waals surface area contributed by atoms with E-state index in [4.69, 9.17) is 5.73 Å². The molecule has 9 heavy (non-hydrogen) atoms. The molecule has 0 aromatic heterocycles. The smallest absolute Gasteiger partial charge is 0.0938 e. The maximum Gasteiger partial charge on any atom is 0.0938 e. The van der Waals surface area contributed by atoms with Gasteiger partial charge in [-0.25, -0.2) is 0 Å². The van der Waals surface area contributed by atoms with E-state index in [1.54, 1.807) is 0 Å². The number of rotatable bonds is 0. The first kappa shape index (κ1) is 6.36. The molecule has 0 aliphatic carbocycles. The van der Waals surface area contributed by atoms with Crippen molar-refractivity contribution in [2.24, 2.45) is 5.73 Å². The third-order valence-corrected chi connectivity index (χ3v) is 1.28. The highest BCUT2D eigenvalue weighted by atomic mass is 15.0. The number of nitrogens with two attached hydrogens (primary N) is 1. The molecule has 1 atom stereocenters. The van der Waals surface area contributed by atoms with Crippen LogP contribution >= 0.6 is 0 Å². The molecule has 0 saturated heterocycles. The second-order valence-electron chi connectivity index (χ2n) is 2.41. The zero-order valence-corrected chi connectivity index (χ0v) is 5.81. The number of dihydropyridines is 1. The van der Waals surface area contributed by atoms with Gasteiger partial charge in [-0.15, -0.1) is 0 Å². The lowest BCUT2D eigenvalue weighted by Gasteiger charge is -2.16. The van der Waals surface area contributed by atoms with Crippen LogP contribution in [0.5, 0.6) is 0 Å². The Morgan fingerprint density at radius 1 is 1.56 bits per heavy atom. The molecule has 0 saturated carbocycles. The average molecular weight is 124 g/mol. The number of hydrogen-bond donors (Lipinski definition) is 2. The highest BCUT2D eigenvalue weighted by molar-refractivity contribution is 5.26. The summed E-state index contributed by atoms with van der Waals surface area (Å²) < 4.78 is 0. The van der Waals surface area contributed by atoms with E-state index in [1.807, 2.05) is 19.9 Å².